The molecule has 0 aliphatic heterocycles. The quantitative estimate of drug-likeness (QED) is 0.632. The maximum Gasteiger partial charge on any atom is 0.303 e. The molecular weight excluding hydrogens is 256 g/mol. The van der Waals surface area contributed by atoms with E-state index in [-0.39, 0.29) is 18.2 Å². The van der Waals surface area contributed by atoms with Gasteiger partial charge in [-0.2, -0.15) is 0 Å². The number of benzene rings is 1. The Hall–Kier alpha value is -2.04. The average Bonchev–Trinajstić information content (AvgIpc) is 2.40. The fraction of sp³-hybridized carbons (Fsp3) is 0.467. The van der Waals surface area contributed by atoms with Crippen LogP contribution in [-0.2, 0) is 16.0 Å². The lowest BCUT2D eigenvalue weighted by molar-refractivity contribution is -0.137. The van der Waals surface area contributed by atoms with E-state index in [4.69, 9.17) is 10.8 Å². The van der Waals surface area contributed by atoms with E-state index in [1.807, 2.05) is 31.2 Å². The highest BCUT2D eigenvalue weighted by Gasteiger charge is 2.08. The third-order valence-corrected chi connectivity index (χ3v) is 3.09. The number of nitrogens with one attached hydrogen (secondary N) is 1. The molecule has 1 amide bonds. The highest BCUT2D eigenvalue weighted by atomic mass is 16.4. The molecule has 0 spiro atoms. The molecule has 1 aromatic rings. The van der Waals surface area contributed by atoms with Crippen LogP contribution in [0, 0.1) is 5.92 Å². The minimum Gasteiger partial charge on any atom is -0.481 e. The number of carbonyl (C=O) groups excluding carboxylic acids is 1. The summed E-state index contributed by atoms with van der Waals surface area (Å²) < 4.78 is 0. The van der Waals surface area contributed by atoms with Crippen LogP contribution in [0.15, 0.2) is 24.3 Å². The van der Waals surface area contributed by atoms with Crippen molar-refractivity contribution in [1.82, 2.24) is 5.32 Å². The summed E-state index contributed by atoms with van der Waals surface area (Å²) in [4.78, 5) is 22.1. The summed E-state index contributed by atoms with van der Waals surface area (Å²) in [5.41, 5.74) is 7.41. The van der Waals surface area contributed by atoms with E-state index in [1.54, 1.807) is 0 Å². The van der Waals surface area contributed by atoms with Crippen molar-refractivity contribution in [3.8, 4) is 0 Å². The van der Waals surface area contributed by atoms with Gasteiger partial charge in [-0.3, -0.25) is 9.59 Å². The van der Waals surface area contributed by atoms with Gasteiger partial charge in [-0.1, -0.05) is 19.1 Å². The number of nitrogen functional groups attached to an aromatic ring is 1. The molecule has 4 N–H and O–H groups in total. The van der Waals surface area contributed by atoms with E-state index in [1.165, 1.54) is 0 Å². The summed E-state index contributed by atoms with van der Waals surface area (Å²) in [5, 5.41) is 11.4. The van der Waals surface area contributed by atoms with Crippen molar-refractivity contribution < 1.29 is 14.7 Å². The molecule has 1 unspecified atom stereocenters. The van der Waals surface area contributed by atoms with Gasteiger partial charge in [-0.15, -0.1) is 0 Å². The topological polar surface area (TPSA) is 92.4 Å². The minimum absolute atomic E-state index is 0.0189. The summed E-state index contributed by atoms with van der Waals surface area (Å²) in [6.45, 7) is 2.45. The lowest BCUT2D eigenvalue weighted by Crippen LogP contribution is -2.28. The van der Waals surface area contributed by atoms with E-state index >= 15 is 0 Å². The van der Waals surface area contributed by atoms with Gasteiger partial charge in [0.15, 0.2) is 0 Å². The van der Waals surface area contributed by atoms with Crippen LogP contribution in [0.5, 0.6) is 0 Å². The molecule has 0 aliphatic rings. The molecule has 5 heteroatoms. The van der Waals surface area contributed by atoms with Gasteiger partial charge in [-0.05, 0) is 36.5 Å². The van der Waals surface area contributed by atoms with E-state index < -0.39 is 5.97 Å². The molecule has 1 aromatic carbocycles. The molecular formula is C15H22N2O3. The SMILES string of the molecule is CC(CCC(=O)O)CNC(=O)CCc1cccc(N)c1. The summed E-state index contributed by atoms with van der Waals surface area (Å²) in [7, 11) is 0. The Morgan fingerprint density at radius 3 is 2.75 bits per heavy atom. The van der Waals surface area contributed by atoms with Gasteiger partial charge in [0.2, 0.25) is 5.91 Å². The summed E-state index contributed by atoms with van der Waals surface area (Å²) >= 11 is 0. The van der Waals surface area contributed by atoms with Crippen molar-refractivity contribution in [2.75, 3.05) is 12.3 Å². The molecule has 0 radical (unpaired) electrons. The number of rotatable bonds is 8. The Morgan fingerprint density at radius 2 is 2.10 bits per heavy atom. The second kappa shape index (κ2) is 8.19. The standard InChI is InChI=1S/C15H22N2O3/c1-11(5-8-15(19)20)10-17-14(18)7-6-12-3-2-4-13(16)9-12/h2-4,9,11H,5-8,10,16H2,1H3,(H,17,18)(H,19,20). The monoisotopic (exact) mass is 278 g/mol. The fourth-order valence-electron chi connectivity index (χ4n) is 1.85. The maximum absolute atomic E-state index is 11.7. The van der Waals surface area contributed by atoms with Gasteiger partial charge in [0.1, 0.15) is 0 Å². The van der Waals surface area contributed by atoms with Gasteiger partial charge in [0, 0.05) is 25.1 Å². The number of hydrogen-bond donors (Lipinski definition) is 3. The Kier molecular flexibility index (Phi) is 6.56. The number of carbonyl (C=O) groups is 2. The van der Waals surface area contributed by atoms with Crippen molar-refractivity contribution >= 4 is 17.6 Å². The summed E-state index contributed by atoms with van der Waals surface area (Å²) in [6, 6.07) is 7.49. The zero-order valence-corrected chi connectivity index (χ0v) is 11.8. The van der Waals surface area contributed by atoms with E-state index in [0.29, 0.717) is 31.5 Å². The second-order valence-electron chi connectivity index (χ2n) is 5.09. The van der Waals surface area contributed by atoms with E-state index in [2.05, 4.69) is 5.32 Å². The van der Waals surface area contributed by atoms with Gasteiger partial charge in [-0.25, -0.2) is 0 Å². The van der Waals surface area contributed by atoms with Crippen LogP contribution < -0.4 is 11.1 Å². The van der Waals surface area contributed by atoms with Crippen LogP contribution in [0.2, 0.25) is 0 Å². The van der Waals surface area contributed by atoms with Crippen LogP contribution in [0.4, 0.5) is 5.69 Å². The lowest BCUT2D eigenvalue weighted by atomic mass is 10.1. The third kappa shape index (κ3) is 6.78. The predicted molar refractivity (Wildman–Crippen MR) is 78.2 cm³/mol. The largest absolute Gasteiger partial charge is 0.481 e. The number of nitrogens with two attached hydrogens (primary N) is 1. The van der Waals surface area contributed by atoms with Crippen molar-refractivity contribution in [1.29, 1.82) is 0 Å². The first-order valence-corrected chi connectivity index (χ1v) is 6.80. The number of aryl methyl sites for hydroxylation is 1. The van der Waals surface area contributed by atoms with Crippen LogP contribution >= 0.6 is 0 Å². The van der Waals surface area contributed by atoms with E-state index in [0.717, 1.165) is 5.56 Å². The number of amides is 1. The Bertz CT molecular complexity index is 460. The van der Waals surface area contributed by atoms with Gasteiger partial charge < -0.3 is 16.2 Å². The predicted octanol–water partition coefficient (Wildman–Crippen LogP) is 1.82. The molecule has 110 valence electrons. The number of carboxylic acids is 1. The van der Waals surface area contributed by atoms with Gasteiger partial charge in [0.25, 0.3) is 0 Å². The molecule has 0 bridgehead atoms. The van der Waals surface area contributed by atoms with E-state index in [9.17, 15) is 9.59 Å². The minimum atomic E-state index is -0.801. The first kappa shape index (κ1) is 16.0. The Balaban J connectivity index is 2.22. The molecule has 5 nitrogen and oxygen atoms in total. The number of anilines is 1. The molecule has 0 saturated heterocycles. The Morgan fingerprint density at radius 1 is 1.35 bits per heavy atom. The molecule has 0 saturated carbocycles. The first-order chi connectivity index (χ1) is 9.47. The number of aliphatic carboxylic acids is 1. The lowest BCUT2D eigenvalue weighted by Gasteiger charge is -2.11. The fourth-order valence-corrected chi connectivity index (χ4v) is 1.85. The zero-order valence-electron chi connectivity index (χ0n) is 11.8. The normalized spacial score (nSPS) is 11.8. The van der Waals surface area contributed by atoms with Crippen molar-refractivity contribution in [2.24, 2.45) is 5.92 Å². The summed E-state index contributed by atoms with van der Waals surface area (Å²) in [5.74, 6) is -0.651. The van der Waals surface area contributed by atoms with Crippen LogP contribution in [-0.4, -0.2) is 23.5 Å². The van der Waals surface area contributed by atoms with Crippen molar-refractivity contribution in [3.63, 3.8) is 0 Å². The molecule has 1 atom stereocenters. The highest BCUT2D eigenvalue weighted by Crippen LogP contribution is 2.09. The van der Waals surface area contributed by atoms with Crippen molar-refractivity contribution in [2.45, 2.75) is 32.6 Å². The average molecular weight is 278 g/mol. The number of carboxylic acid groups (broad SMARTS) is 1. The van der Waals surface area contributed by atoms with Crippen LogP contribution in [0.1, 0.15) is 31.7 Å². The van der Waals surface area contributed by atoms with Crippen LogP contribution in [0.3, 0.4) is 0 Å². The highest BCUT2D eigenvalue weighted by molar-refractivity contribution is 5.76. The smallest absolute Gasteiger partial charge is 0.303 e. The second-order valence-corrected chi connectivity index (χ2v) is 5.09. The van der Waals surface area contributed by atoms with Gasteiger partial charge >= 0.3 is 5.97 Å². The first-order valence-electron chi connectivity index (χ1n) is 6.80. The molecule has 0 aromatic heterocycles. The Labute approximate surface area is 119 Å². The zero-order chi connectivity index (χ0) is 15.0. The molecule has 1 rings (SSSR count). The van der Waals surface area contributed by atoms with Crippen LogP contribution in [0.25, 0.3) is 0 Å². The molecule has 0 heterocycles. The molecule has 0 fully saturated rings. The molecule has 20 heavy (non-hydrogen) atoms. The van der Waals surface area contributed by atoms with Crippen molar-refractivity contribution in [3.05, 3.63) is 29.8 Å². The summed E-state index contributed by atoms with van der Waals surface area (Å²) in [6.07, 6.45) is 1.78. The molecule has 0 aliphatic carbocycles. The third-order valence-electron chi connectivity index (χ3n) is 3.09. The maximum atomic E-state index is 11.7. The van der Waals surface area contributed by atoms with Gasteiger partial charge in [0.05, 0.1) is 0 Å². The number of hydrogen-bond acceptors (Lipinski definition) is 3.